The molecule has 39 heavy (non-hydrogen) atoms. The fourth-order valence-corrected chi connectivity index (χ4v) is 5.41. The van der Waals surface area contributed by atoms with Gasteiger partial charge < -0.3 is 59.4 Å². The maximum Gasteiger partial charge on any atom is 0.186 e. The fraction of sp³-hybridized carbons (Fsp3) is 0.654. The van der Waals surface area contributed by atoms with Crippen LogP contribution in [0.1, 0.15) is 24.8 Å². The van der Waals surface area contributed by atoms with E-state index < -0.39 is 67.5 Å². The van der Waals surface area contributed by atoms with Gasteiger partial charge in [0.05, 0.1) is 43.7 Å². The average Bonchev–Trinajstić information content (AvgIpc) is 3.22. The first-order valence-corrected chi connectivity index (χ1v) is 12.9. The van der Waals surface area contributed by atoms with Crippen LogP contribution in [0.25, 0.3) is 5.57 Å². The first-order valence-electron chi connectivity index (χ1n) is 12.9. The molecule has 0 amide bonds. The van der Waals surface area contributed by atoms with Crippen LogP contribution in [-0.2, 0) is 28.5 Å². The summed E-state index contributed by atoms with van der Waals surface area (Å²) in [5.41, 5.74) is -0.819. The molecule has 216 valence electrons. The topological polar surface area (TPSA) is 205 Å². The zero-order valence-electron chi connectivity index (χ0n) is 21.0. The Bertz CT molecular complexity index is 1050. The van der Waals surface area contributed by atoms with E-state index in [0.29, 0.717) is 30.4 Å². The van der Waals surface area contributed by atoms with E-state index in [1.54, 1.807) is 12.1 Å². The lowest BCUT2D eigenvalue weighted by atomic mass is 9.78. The van der Waals surface area contributed by atoms with Crippen molar-refractivity contribution in [2.45, 2.75) is 80.2 Å². The summed E-state index contributed by atoms with van der Waals surface area (Å²) in [6, 6.07) is 6.28. The molecular weight excluding hydrogens is 520 g/mol. The van der Waals surface area contributed by atoms with Gasteiger partial charge in [0.2, 0.25) is 0 Å². The van der Waals surface area contributed by atoms with Gasteiger partial charge in [0.15, 0.2) is 18.4 Å². The molecule has 5 rings (SSSR count). The summed E-state index contributed by atoms with van der Waals surface area (Å²) >= 11 is 0. The molecule has 0 spiro atoms. The molecule has 1 aliphatic carbocycles. The highest BCUT2D eigenvalue weighted by atomic mass is 16.7. The molecule has 1 aromatic rings. The molecule has 13 nitrogen and oxygen atoms in total. The first-order chi connectivity index (χ1) is 18.6. The number of aliphatic hydroxyl groups excluding tert-OH is 5. The van der Waals surface area contributed by atoms with Crippen molar-refractivity contribution in [1.29, 1.82) is 0 Å². The smallest absolute Gasteiger partial charge is 0.186 e. The van der Waals surface area contributed by atoms with Crippen LogP contribution in [0.3, 0.4) is 0 Å². The van der Waals surface area contributed by atoms with Crippen LogP contribution in [0.5, 0.6) is 5.75 Å². The molecule has 11 atom stereocenters. The molecule has 0 aromatic heterocycles. The van der Waals surface area contributed by atoms with Crippen molar-refractivity contribution in [3.05, 3.63) is 36.1 Å². The number of allylic oxidation sites excluding steroid dienone is 1. The number of carbonyl (C=O) groups excluding carboxylic acids is 1. The lowest BCUT2D eigenvalue weighted by Crippen LogP contribution is -2.60. The predicted octanol–water partition coefficient (Wildman–Crippen LogP) is -1.85. The zero-order chi connectivity index (χ0) is 27.9. The van der Waals surface area contributed by atoms with E-state index in [4.69, 9.17) is 23.7 Å². The molecule has 3 aliphatic heterocycles. The average molecular weight is 555 g/mol. The van der Waals surface area contributed by atoms with E-state index in [9.17, 15) is 40.5 Å². The van der Waals surface area contributed by atoms with Crippen molar-refractivity contribution in [2.75, 3.05) is 19.8 Å². The molecule has 3 heterocycles. The Kier molecular flexibility index (Phi) is 8.27. The Morgan fingerprint density at radius 1 is 1.00 bits per heavy atom. The van der Waals surface area contributed by atoms with Crippen LogP contribution >= 0.6 is 0 Å². The molecule has 4 aliphatic rings. The van der Waals surface area contributed by atoms with Crippen molar-refractivity contribution in [3.8, 4) is 5.75 Å². The number of aromatic hydroxyl groups is 1. The Balaban J connectivity index is 1.18. The number of hydrogen-bond acceptors (Lipinski definition) is 13. The van der Waals surface area contributed by atoms with Crippen molar-refractivity contribution in [1.82, 2.24) is 0 Å². The van der Waals surface area contributed by atoms with Crippen molar-refractivity contribution in [3.63, 3.8) is 0 Å². The molecule has 13 heteroatoms. The van der Waals surface area contributed by atoms with Gasteiger partial charge in [-0.3, -0.25) is 4.79 Å². The number of ether oxygens (including phenoxy) is 5. The van der Waals surface area contributed by atoms with Crippen LogP contribution in [0.15, 0.2) is 30.5 Å². The number of aliphatic hydroxyl groups is 6. The lowest BCUT2D eigenvalue weighted by Gasteiger charge is -2.43. The third kappa shape index (κ3) is 5.57. The number of benzene rings is 1. The monoisotopic (exact) mass is 554 g/mol. The van der Waals surface area contributed by atoms with Gasteiger partial charge in [0.1, 0.15) is 48.0 Å². The van der Waals surface area contributed by atoms with Gasteiger partial charge >= 0.3 is 0 Å². The molecule has 3 unspecified atom stereocenters. The number of rotatable bonds is 7. The minimum atomic E-state index is -1.89. The minimum absolute atomic E-state index is 0.0653. The summed E-state index contributed by atoms with van der Waals surface area (Å²) in [5.74, 6) is -0.361. The van der Waals surface area contributed by atoms with Crippen LogP contribution in [0.4, 0.5) is 0 Å². The highest BCUT2D eigenvalue weighted by molar-refractivity contribution is 6.22. The molecule has 0 radical (unpaired) electrons. The molecule has 2 saturated heterocycles. The molecule has 1 aromatic carbocycles. The Morgan fingerprint density at radius 3 is 2.44 bits per heavy atom. The van der Waals surface area contributed by atoms with E-state index in [-0.39, 0.29) is 30.7 Å². The summed E-state index contributed by atoms with van der Waals surface area (Å²) < 4.78 is 28.1. The molecule has 7 N–H and O–H groups in total. The molecular formula is C26H34O13. The normalized spacial score (nSPS) is 42.5. The number of phenols is 1. The number of Topliss-reactive ketones (excluding diaryl/α,β-unsaturated/α-hetero) is 1. The maximum absolute atomic E-state index is 13.1. The second-order valence-corrected chi connectivity index (χ2v) is 10.5. The van der Waals surface area contributed by atoms with E-state index in [1.807, 2.05) is 0 Å². The predicted molar refractivity (Wildman–Crippen MR) is 129 cm³/mol. The molecule has 0 bridgehead atoms. The van der Waals surface area contributed by atoms with Crippen LogP contribution < -0.4 is 0 Å². The second-order valence-electron chi connectivity index (χ2n) is 10.5. The maximum atomic E-state index is 13.1. The number of fused-ring (bicyclic) bond motifs is 1. The second kappa shape index (κ2) is 11.4. The third-order valence-corrected chi connectivity index (χ3v) is 7.88. The van der Waals surface area contributed by atoms with Crippen LogP contribution in [-0.4, -0.2) is 122 Å². The van der Waals surface area contributed by atoms with E-state index in [2.05, 4.69) is 0 Å². The summed E-state index contributed by atoms with van der Waals surface area (Å²) in [5, 5.41) is 70.3. The summed E-state index contributed by atoms with van der Waals surface area (Å²) in [7, 11) is 0. The SMILES string of the molecule is O=C1C(c2ccc(O)cc2)=COC2CC(O[C@@H]3O[C@H](CO[C@@H]4OC[C@](O)(CO)[C@H]4O)[C@@H](O)[C@H](O)[C@H]3O)CCC12. The fourth-order valence-electron chi connectivity index (χ4n) is 5.41. The number of ketones is 1. The quantitative estimate of drug-likeness (QED) is 0.198. The highest BCUT2D eigenvalue weighted by Gasteiger charge is 2.51. The highest BCUT2D eigenvalue weighted by Crippen LogP contribution is 2.38. The van der Waals surface area contributed by atoms with E-state index >= 15 is 0 Å². The Labute approximate surface area is 223 Å². The number of hydrogen-bond donors (Lipinski definition) is 7. The van der Waals surface area contributed by atoms with Crippen LogP contribution in [0.2, 0.25) is 0 Å². The van der Waals surface area contributed by atoms with E-state index in [1.165, 1.54) is 18.4 Å². The summed E-state index contributed by atoms with van der Waals surface area (Å²) in [6.07, 6.45) is -8.41. The van der Waals surface area contributed by atoms with Crippen molar-refractivity contribution in [2.24, 2.45) is 5.92 Å². The van der Waals surface area contributed by atoms with Gasteiger partial charge in [-0.05, 0) is 30.5 Å². The van der Waals surface area contributed by atoms with Gasteiger partial charge in [0.25, 0.3) is 0 Å². The largest absolute Gasteiger partial charge is 0.508 e. The number of phenolic OH excluding ortho intramolecular Hbond substituents is 1. The van der Waals surface area contributed by atoms with Crippen molar-refractivity contribution < 1.29 is 64.2 Å². The van der Waals surface area contributed by atoms with Gasteiger partial charge in [-0.1, -0.05) is 12.1 Å². The summed E-state index contributed by atoms with van der Waals surface area (Å²) in [4.78, 5) is 13.1. The third-order valence-electron chi connectivity index (χ3n) is 7.88. The minimum Gasteiger partial charge on any atom is -0.508 e. The Morgan fingerprint density at radius 2 is 1.74 bits per heavy atom. The lowest BCUT2D eigenvalue weighted by molar-refractivity contribution is -0.321. The molecule has 1 saturated carbocycles. The molecule has 3 fully saturated rings. The number of carbonyl (C=O) groups is 1. The Hall–Kier alpha value is -2.17. The first kappa shape index (κ1) is 28.4. The van der Waals surface area contributed by atoms with E-state index in [0.717, 1.165) is 0 Å². The van der Waals surface area contributed by atoms with Gasteiger partial charge in [-0.25, -0.2) is 0 Å². The van der Waals surface area contributed by atoms with Gasteiger partial charge in [0, 0.05) is 6.42 Å². The van der Waals surface area contributed by atoms with Gasteiger partial charge in [-0.2, -0.15) is 0 Å². The van der Waals surface area contributed by atoms with Gasteiger partial charge in [-0.15, -0.1) is 0 Å². The summed E-state index contributed by atoms with van der Waals surface area (Å²) in [6.45, 7) is -1.49. The van der Waals surface area contributed by atoms with Crippen LogP contribution in [0, 0.1) is 5.92 Å². The van der Waals surface area contributed by atoms with Crippen molar-refractivity contribution >= 4 is 11.4 Å². The standard InChI is InChI=1S/C26H34O13/c27-10-26(34)11-37-25(23(26)33)36-9-18-20(30)21(31)22(32)24(39-18)38-14-5-6-15-17(7-14)35-8-16(19(15)29)12-1-3-13(28)4-2-12/h1-4,8,14-15,17-18,20-25,27-28,30-34H,5-7,9-11H2/t14?,15?,17?,18-,20-,21+,22-,23+,24-,25-,26-/m1/s1. The zero-order valence-corrected chi connectivity index (χ0v) is 21.0.